The molecule has 0 saturated heterocycles. The summed E-state index contributed by atoms with van der Waals surface area (Å²) < 4.78 is 22.2. The first-order valence-electron chi connectivity index (χ1n) is 4.65. The van der Waals surface area contributed by atoms with E-state index in [0.717, 1.165) is 24.4 Å². The molecule has 0 radical (unpaired) electrons. The van der Waals surface area contributed by atoms with Gasteiger partial charge in [-0.1, -0.05) is 11.3 Å². The first kappa shape index (κ1) is 13.4. The maximum Gasteiger partial charge on any atom is 0.249 e. The highest BCUT2D eigenvalue weighted by molar-refractivity contribution is 7.91. The van der Waals surface area contributed by atoms with Crippen LogP contribution in [0.2, 0.25) is 0 Å². The van der Waals surface area contributed by atoms with Crippen LogP contribution in [0.3, 0.4) is 0 Å². The second-order valence-corrected chi connectivity index (χ2v) is 6.53. The lowest BCUT2D eigenvalue weighted by atomic mass is 10.5. The molecule has 1 aromatic rings. The van der Waals surface area contributed by atoms with Crippen LogP contribution in [0.1, 0.15) is 0 Å². The van der Waals surface area contributed by atoms with E-state index in [2.05, 4.69) is 4.98 Å². The summed E-state index contributed by atoms with van der Waals surface area (Å²) >= 11 is 1.08. The van der Waals surface area contributed by atoms with Crippen molar-refractivity contribution in [3.63, 3.8) is 0 Å². The fourth-order valence-corrected chi connectivity index (χ4v) is 2.53. The number of anilines is 1. The molecule has 0 atom stereocenters. The summed E-state index contributed by atoms with van der Waals surface area (Å²) in [5.41, 5.74) is 0. The van der Waals surface area contributed by atoms with Gasteiger partial charge in [-0.05, 0) is 14.1 Å². The van der Waals surface area contributed by atoms with Crippen molar-refractivity contribution >= 4 is 26.5 Å². The number of sulfonamides is 1. The topological polar surface area (TPSA) is 79.5 Å². The van der Waals surface area contributed by atoms with Crippen LogP contribution >= 0.6 is 11.3 Å². The Morgan fingerprint density at radius 3 is 2.44 bits per heavy atom. The molecule has 1 aromatic heterocycles. The highest BCUT2D eigenvalue weighted by Crippen LogP contribution is 2.23. The Morgan fingerprint density at radius 2 is 2.00 bits per heavy atom. The van der Waals surface area contributed by atoms with E-state index in [1.165, 1.54) is 6.20 Å². The minimum absolute atomic E-state index is 0.0965. The predicted octanol–water partition coefficient (Wildman–Crippen LogP) is -0.212. The molecule has 0 aliphatic heterocycles. The first-order chi connectivity index (χ1) is 7.30. The molecule has 0 unspecified atom stereocenters. The number of primary sulfonamides is 1. The number of hydrogen-bond donors (Lipinski definition) is 1. The predicted molar refractivity (Wildman–Crippen MR) is 65.3 cm³/mol. The number of nitrogens with zero attached hydrogens (tertiary/aromatic N) is 3. The van der Waals surface area contributed by atoms with Crippen LogP contribution in [0, 0.1) is 0 Å². The summed E-state index contributed by atoms with van der Waals surface area (Å²) in [7, 11) is 2.20. The van der Waals surface area contributed by atoms with E-state index in [1.54, 1.807) is 0 Å². The number of hydrogen-bond acceptors (Lipinski definition) is 6. The van der Waals surface area contributed by atoms with Crippen LogP contribution in [0.15, 0.2) is 10.4 Å². The average Bonchev–Trinajstić information content (AvgIpc) is 2.61. The van der Waals surface area contributed by atoms with Crippen molar-refractivity contribution in [1.82, 2.24) is 9.88 Å². The zero-order valence-electron chi connectivity index (χ0n) is 9.54. The molecule has 1 rings (SSSR count). The smallest absolute Gasteiger partial charge is 0.249 e. The second kappa shape index (κ2) is 5.09. The fourth-order valence-electron chi connectivity index (χ4n) is 1.00. The zero-order valence-corrected chi connectivity index (χ0v) is 11.2. The first-order valence-corrected chi connectivity index (χ1v) is 7.01. The number of aromatic nitrogens is 1. The monoisotopic (exact) mass is 264 g/mol. The van der Waals surface area contributed by atoms with E-state index >= 15 is 0 Å². The highest BCUT2D eigenvalue weighted by atomic mass is 32.2. The number of nitrogens with two attached hydrogens (primary N) is 1. The van der Waals surface area contributed by atoms with E-state index < -0.39 is 10.0 Å². The Bertz CT molecular complexity index is 441. The minimum atomic E-state index is -3.63. The molecule has 8 heteroatoms. The molecule has 0 amide bonds. The summed E-state index contributed by atoms with van der Waals surface area (Å²) in [6.07, 6.45) is 1.29. The third kappa shape index (κ3) is 3.71. The number of rotatable bonds is 5. The largest absolute Gasteiger partial charge is 0.350 e. The normalized spacial score (nSPS) is 12.1. The molecular weight excluding hydrogens is 248 g/mol. The Morgan fingerprint density at radius 1 is 1.38 bits per heavy atom. The van der Waals surface area contributed by atoms with Crippen molar-refractivity contribution < 1.29 is 8.42 Å². The van der Waals surface area contributed by atoms with Gasteiger partial charge in [0.1, 0.15) is 0 Å². The summed E-state index contributed by atoms with van der Waals surface area (Å²) in [6.45, 7) is 1.66. The molecule has 16 heavy (non-hydrogen) atoms. The lowest BCUT2D eigenvalue weighted by Crippen LogP contribution is -2.28. The third-order valence-electron chi connectivity index (χ3n) is 1.96. The number of thiazole rings is 1. The van der Waals surface area contributed by atoms with Crippen molar-refractivity contribution in [2.75, 3.05) is 39.1 Å². The van der Waals surface area contributed by atoms with Crippen LogP contribution in [0.25, 0.3) is 0 Å². The van der Waals surface area contributed by atoms with Gasteiger partial charge in [-0.2, -0.15) is 0 Å². The van der Waals surface area contributed by atoms with Crippen LogP contribution in [-0.2, 0) is 10.0 Å². The van der Waals surface area contributed by atoms with Crippen molar-refractivity contribution in [3.8, 4) is 0 Å². The van der Waals surface area contributed by atoms with Crippen LogP contribution in [0.4, 0.5) is 5.13 Å². The average molecular weight is 264 g/mol. The van der Waals surface area contributed by atoms with E-state index in [1.807, 2.05) is 30.9 Å². The summed E-state index contributed by atoms with van der Waals surface area (Å²) in [5.74, 6) is 0. The van der Waals surface area contributed by atoms with Gasteiger partial charge in [0, 0.05) is 20.1 Å². The standard InChI is InChI=1S/C8H16N4O2S2/c1-11(2)4-5-12(3)8-10-6-7(15-8)16(9,13)14/h6H,4-5H2,1-3H3,(H2,9,13,14). The van der Waals surface area contributed by atoms with Crippen molar-refractivity contribution in [1.29, 1.82) is 0 Å². The molecule has 0 bridgehead atoms. The molecule has 0 fully saturated rings. The molecule has 6 nitrogen and oxygen atoms in total. The van der Waals surface area contributed by atoms with Gasteiger partial charge in [0.25, 0.3) is 0 Å². The Hall–Kier alpha value is -0.700. The molecule has 0 aliphatic rings. The van der Waals surface area contributed by atoms with Crippen molar-refractivity contribution in [3.05, 3.63) is 6.20 Å². The van der Waals surface area contributed by atoms with Crippen LogP contribution < -0.4 is 10.0 Å². The maximum absolute atomic E-state index is 11.1. The number of likely N-dealkylation sites (N-methyl/N-ethyl adjacent to an activating group) is 2. The molecule has 0 aromatic carbocycles. The molecular formula is C8H16N4O2S2. The minimum Gasteiger partial charge on any atom is -0.350 e. The molecule has 0 saturated carbocycles. The Balaban J connectivity index is 2.71. The summed E-state index contributed by atoms with van der Waals surface area (Å²) in [5, 5.41) is 5.67. The second-order valence-electron chi connectivity index (χ2n) is 3.73. The summed E-state index contributed by atoms with van der Waals surface area (Å²) in [4.78, 5) is 7.98. The van der Waals surface area contributed by atoms with Gasteiger partial charge >= 0.3 is 0 Å². The lowest BCUT2D eigenvalue weighted by Gasteiger charge is -2.18. The van der Waals surface area contributed by atoms with E-state index in [9.17, 15) is 8.42 Å². The van der Waals surface area contributed by atoms with Gasteiger partial charge in [0.05, 0.1) is 6.20 Å². The van der Waals surface area contributed by atoms with Gasteiger partial charge in [-0.15, -0.1) is 0 Å². The Kier molecular flexibility index (Phi) is 4.25. The van der Waals surface area contributed by atoms with E-state index in [-0.39, 0.29) is 4.21 Å². The van der Waals surface area contributed by atoms with Gasteiger partial charge in [0.15, 0.2) is 9.34 Å². The fraction of sp³-hybridized carbons (Fsp3) is 0.625. The summed E-state index contributed by atoms with van der Waals surface area (Å²) in [6, 6.07) is 0. The van der Waals surface area contributed by atoms with E-state index in [0.29, 0.717) is 5.13 Å². The molecule has 0 aliphatic carbocycles. The van der Waals surface area contributed by atoms with E-state index in [4.69, 9.17) is 5.14 Å². The highest BCUT2D eigenvalue weighted by Gasteiger charge is 2.14. The molecule has 92 valence electrons. The Labute approximate surface area is 99.7 Å². The molecule has 2 N–H and O–H groups in total. The van der Waals surface area contributed by atoms with Gasteiger partial charge < -0.3 is 9.80 Å². The maximum atomic E-state index is 11.1. The van der Waals surface area contributed by atoms with Crippen molar-refractivity contribution in [2.45, 2.75) is 4.21 Å². The van der Waals surface area contributed by atoms with Crippen LogP contribution in [-0.4, -0.2) is 52.5 Å². The van der Waals surface area contributed by atoms with Gasteiger partial charge in [0.2, 0.25) is 10.0 Å². The SMILES string of the molecule is CN(C)CCN(C)c1ncc(S(N)(=O)=O)s1. The van der Waals surface area contributed by atoms with Crippen molar-refractivity contribution in [2.24, 2.45) is 5.14 Å². The zero-order chi connectivity index (χ0) is 12.3. The molecule has 1 heterocycles. The van der Waals surface area contributed by atoms with Gasteiger partial charge in [-0.3, -0.25) is 0 Å². The molecule has 0 spiro atoms. The van der Waals surface area contributed by atoms with Gasteiger partial charge in [-0.25, -0.2) is 18.5 Å². The quantitative estimate of drug-likeness (QED) is 0.796. The third-order valence-corrected chi connectivity index (χ3v) is 4.48. The van der Waals surface area contributed by atoms with Crippen LogP contribution in [0.5, 0.6) is 0 Å². The lowest BCUT2D eigenvalue weighted by molar-refractivity contribution is 0.416.